The molecule has 1 aromatic carbocycles. The Labute approximate surface area is 112 Å². The quantitative estimate of drug-likeness (QED) is 0.864. The van der Waals surface area contributed by atoms with Crippen molar-refractivity contribution in [3.05, 3.63) is 33.8 Å². The largest absolute Gasteiger partial charge is 0.385 e. The minimum Gasteiger partial charge on any atom is -0.385 e. The zero-order valence-electron chi connectivity index (χ0n) is 10.7. The van der Waals surface area contributed by atoms with Crippen molar-refractivity contribution in [1.29, 1.82) is 0 Å². The van der Waals surface area contributed by atoms with Crippen LogP contribution in [0.1, 0.15) is 50.2 Å². The van der Waals surface area contributed by atoms with E-state index in [2.05, 4.69) is 35.0 Å². The molecule has 0 aliphatic heterocycles. The van der Waals surface area contributed by atoms with Crippen molar-refractivity contribution in [2.45, 2.75) is 51.6 Å². The lowest BCUT2D eigenvalue weighted by Crippen LogP contribution is -2.25. The summed E-state index contributed by atoms with van der Waals surface area (Å²) in [6, 6.07) is 6.15. The summed E-state index contributed by atoms with van der Waals surface area (Å²) in [5, 5.41) is 10.6. The molecule has 1 aliphatic rings. The molecule has 0 aromatic heterocycles. The van der Waals surface area contributed by atoms with Gasteiger partial charge in [-0.1, -0.05) is 41.3 Å². The Hall–Kier alpha value is -0.340. The van der Waals surface area contributed by atoms with E-state index >= 15 is 0 Å². The van der Waals surface area contributed by atoms with Crippen LogP contribution >= 0.6 is 15.9 Å². The lowest BCUT2D eigenvalue weighted by molar-refractivity contribution is 0.0355. The van der Waals surface area contributed by atoms with Gasteiger partial charge in [0.2, 0.25) is 0 Å². The van der Waals surface area contributed by atoms with Crippen LogP contribution in [-0.2, 0) is 5.60 Å². The maximum Gasteiger partial charge on any atom is 0.0871 e. The maximum absolute atomic E-state index is 10.6. The molecule has 1 unspecified atom stereocenters. The molecule has 0 spiro atoms. The number of aliphatic hydroxyl groups is 1. The molecule has 17 heavy (non-hydrogen) atoms. The number of hydrogen-bond acceptors (Lipinski definition) is 1. The third kappa shape index (κ3) is 3.11. The van der Waals surface area contributed by atoms with E-state index in [-0.39, 0.29) is 0 Å². The zero-order valence-corrected chi connectivity index (χ0v) is 12.3. The Morgan fingerprint density at radius 2 is 2.12 bits per heavy atom. The summed E-state index contributed by atoms with van der Waals surface area (Å²) in [6.07, 6.45) is 6.11. The molecular weight excluding hydrogens is 276 g/mol. The van der Waals surface area contributed by atoms with Crippen LogP contribution in [0.25, 0.3) is 0 Å². The van der Waals surface area contributed by atoms with Gasteiger partial charge >= 0.3 is 0 Å². The van der Waals surface area contributed by atoms with E-state index in [9.17, 15) is 5.11 Å². The van der Waals surface area contributed by atoms with Crippen LogP contribution in [0.5, 0.6) is 0 Å². The topological polar surface area (TPSA) is 20.2 Å². The first-order chi connectivity index (χ1) is 7.99. The van der Waals surface area contributed by atoms with E-state index in [1.807, 2.05) is 13.0 Å². The fraction of sp³-hybridized carbons (Fsp3) is 0.600. The first-order valence-corrected chi connectivity index (χ1v) is 7.27. The molecule has 1 saturated carbocycles. The van der Waals surface area contributed by atoms with Crippen LogP contribution < -0.4 is 0 Å². The number of benzene rings is 1. The molecule has 1 aromatic rings. The predicted octanol–water partition coefficient (Wildman–Crippen LogP) is 4.55. The fourth-order valence-electron chi connectivity index (χ4n) is 2.58. The Bertz CT molecular complexity index is 394. The second kappa shape index (κ2) is 5.11. The zero-order chi connectivity index (χ0) is 12.5. The average Bonchev–Trinajstić information content (AvgIpc) is 2.19. The Balaban J connectivity index is 2.08. The molecule has 2 heteroatoms. The number of hydrogen-bond donors (Lipinski definition) is 1. The monoisotopic (exact) mass is 296 g/mol. The van der Waals surface area contributed by atoms with Crippen LogP contribution in [0, 0.1) is 12.8 Å². The molecule has 94 valence electrons. The molecule has 2 rings (SSSR count). The van der Waals surface area contributed by atoms with E-state index in [1.165, 1.54) is 24.8 Å². The molecular formula is C15H21BrO. The summed E-state index contributed by atoms with van der Waals surface area (Å²) in [5.41, 5.74) is 1.54. The van der Waals surface area contributed by atoms with Gasteiger partial charge in [-0.05, 0) is 55.9 Å². The molecule has 0 saturated heterocycles. The highest BCUT2D eigenvalue weighted by Crippen LogP contribution is 2.36. The van der Waals surface area contributed by atoms with Gasteiger partial charge in [-0.15, -0.1) is 0 Å². The van der Waals surface area contributed by atoms with Crippen molar-refractivity contribution in [1.82, 2.24) is 0 Å². The standard InChI is InChI=1S/C15H21BrO/c1-11-6-7-13(16)10-14(11)15(2,17)9-8-12-4-3-5-12/h6-7,10,12,17H,3-5,8-9H2,1-2H3. The van der Waals surface area contributed by atoms with Gasteiger partial charge in [-0.3, -0.25) is 0 Å². The van der Waals surface area contributed by atoms with Crippen molar-refractivity contribution in [3.8, 4) is 0 Å². The van der Waals surface area contributed by atoms with Crippen LogP contribution in [0.15, 0.2) is 22.7 Å². The van der Waals surface area contributed by atoms with E-state index in [0.717, 1.165) is 28.8 Å². The average molecular weight is 297 g/mol. The summed E-state index contributed by atoms with van der Waals surface area (Å²) in [4.78, 5) is 0. The van der Waals surface area contributed by atoms with Gasteiger partial charge in [-0.2, -0.15) is 0 Å². The van der Waals surface area contributed by atoms with Gasteiger partial charge in [0.05, 0.1) is 5.60 Å². The minimum absolute atomic E-state index is 0.691. The lowest BCUT2D eigenvalue weighted by atomic mass is 9.78. The highest BCUT2D eigenvalue weighted by molar-refractivity contribution is 9.10. The molecule has 1 fully saturated rings. The van der Waals surface area contributed by atoms with Gasteiger partial charge in [0.15, 0.2) is 0 Å². The smallest absolute Gasteiger partial charge is 0.0871 e. The SMILES string of the molecule is Cc1ccc(Br)cc1C(C)(O)CCC1CCC1. The third-order valence-electron chi connectivity index (χ3n) is 4.04. The van der Waals surface area contributed by atoms with Gasteiger partial charge in [-0.25, -0.2) is 0 Å². The second-order valence-electron chi connectivity index (χ2n) is 5.57. The first kappa shape index (κ1) is 13.1. The summed E-state index contributed by atoms with van der Waals surface area (Å²) in [5.74, 6) is 0.855. The molecule has 1 N–H and O–H groups in total. The molecule has 0 heterocycles. The van der Waals surface area contributed by atoms with Crippen LogP contribution in [0.4, 0.5) is 0 Å². The van der Waals surface area contributed by atoms with Crippen LogP contribution in [0.2, 0.25) is 0 Å². The third-order valence-corrected chi connectivity index (χ3v) is 4.54. The summed E-state index contributed by atoms with van der Waals surface area (Å²) < 4.78 is 1.04. The van der Waals surface area contributed by atoms with Crippen molar-refractivity contribution < 1.29 is 5.11 Å². The van der Waals surface area contributed by atoms with E-state index < -0.39 is 5.60 Å². The molecule has 0 radical (unpaired) electrons. The highest BCUT2D eigenvalue weighted by atomic mass is 79.9. The number of halogens is 1. The van der Waals surface area contributed by atoms with Gasteiger partial charge in [0.1, 0.15) is 0 Å². The Morgan fingerprint density at radius 1 is 1.41 bits per heavy atom. The van der Waals surface area contributed by atoms with E-state index in [1.54, 1.807) is 0 Å². The van der Waals surface area contributed by atoms with Gasteiger partial charge < -0.3 is 5.11 Å². The molecule has 0 bridgehead atoms. The number of rotatable bonds is 4. The van der Waals surface area contributed by atoms with Crippen LogP contribution in [0.3, 0.4) is 0 Å². The summed E-state index contributed by atoms with van der Waals surface area (Å²) in [6.45, 7) is 4.01. The van der Waals surface area contributed by atoms with Crippen molar-refractivity contribution in [3.63, 3.8) is 0 Å². The lowest BCUT2D eigenvalue weighted by Gasteiger charge is -2.31. The first-order valence-electron chi connectivity index (χ1n) is 6.48. The second-order valence-corrected chi connectivity index (χ2v) is 6.48. The number of aryl methyl sites for hydroxylation is 1. The van der Waals surface area contributed by atoms with Crippen molar-refractivity contribution >= 4 is 15.9 Å². The summed E-state index contributed by atoms with van der Waals surface area (Å²) in [7, 11) is 0. The predicted molar refractivity (Wildman–Crippen MR) is 75.0 cm³/mol. The molecule has 1 aliphatic carbocycles. The van der Waals surface area contributed by atoms with Gasteiger partial charge in [0.25, 0.3) is 0 Å². The molecule has 1 atom stereocenters. The fourth-order valence-corrected chi connectivity index (χ4v) is 2.94. The molecule has 1 nitrogen and oxygen atoms in total. The van der Waals surface area contributed by atoms with Crippen molar-refractivity contribution in [2.24, 2.45) is 5.92 Å². The Kier molecular flexibility index (Phi) is 3.94. The highest BCUT2D eigenvalue weighted by Gasteiger charge is 2.27. The minimum atomic E-state index is -0.691. The maximum atomic E-state index is 10.6. The summed E-state index contributed by atoms with van der Waals surface area (Å²) >= 11 is 3.48. The van der Waals surface area contributed by atoms with Crippen LogP contribution in [-0.4, -0.2) is 5.11 Å². The molecule has 0 amide bonds. The Morgan fingerprint density at radius 3 is 2.71 bits per heavy atom. The van der Waals surface area contributed by atoms with E-state index in [4.69, 9.17) is 0 Å². The normalized spacial score (nSPS) is 19.8. The van der Waals surface area contributed by atoms with Gasteiger partial charge in [0, 0.05) is 4.47 Å². The van der Waals surface area contributed by atoms with Crippen molar-refractivity contribution in [2.75, 3.05) is 0 Å². The van der Waals surface area contributed by atoms with E-state index in [0.29, 0.717) is 0 Å².